The molecule has 0 fully saturated rings. The number of nitrogens with zero attached hydrogens (tertiary/aromatic N) is 1. The summed E-state index contributed by atoms with van der Waals surface area (Å²) in [6.45, 7) is 4.61. The second-order valence-corrected chi connectivity index (χ2v) is 5.42. The molecular formula is C19H23FN2O. The van der Waals surface area contributed by atoms with Crippen molar-refractivity contribution >= 4 is 11.6 Å². The molecule has 0 radical (unpaired) electrons. The molecule has 122 valence electrons. The van der Waals surface area contributed by atoms with E-state index in [-0.39, 0.29) is 18.1 Å². The molecule has 1 N–H and O–H groups in total. The quantitative estimate of drug-likeness (QED) is 0.757. The molecule has 2 aromatic rings. The molecule has 0 aromatic heterocycles. The van der Waals surface area contributed by atoms with Crippen LogP contribution in [0.5, 0.6) is 0 Å². The van der Waals surface area contributed by atoms with Crippen LogP contribution in [0.1, 0.15) is 18.9 Å². The van der Waals surface area contributed by atoms with Crippen molar-refractivity contribution in [1.29, 1.82) is 0 Å². The summed E-state index contributed by atoms with van der Waals surface area (Å²) in [7, 11) is 0. The van der Waals surface area contributed by atoms with Gasteiger partial charge in [-0.1, -0.05) is 30.3 Å². The van der Waals surface area contributed by atoms with Gasteiger partial charge in [-0.15, -0.1) is 0 Å². The van der Waals surface area contributed by atoms with E-state index in [0.717, 1.165) is 25.1 Å². The molecule has 0 aliphatic heterocycles. The van der Waals surface area contributed by atoms with E-state index >= 15 is 0 Å². The highest BCUT2D eigenvalue weighted by Gasteiger charge is 2.05. The number of nitrogens with one attached hydrogen (secondary N) is 1. The molecule has 0 atom stereocenters. The summed E-state index contributed by atoms with van der Waals surface area (Å²) < 4.78 is 12.8. The van der Waals surface area contributed by atoms with Crippen molar-refractivity contribution in [3.8, 4) is 0 Å². The third-order valence-electron chi connectivity index (χ3n) is 3.71. The number of para-hydroxylation sites is 1. The normalized spacial score (nSPS) is 10.3. The summed E-state index contributed by atoms with van der Waals surface area (Å²) in [5, 5.41) is 2.92. The lowest BCUT2D eigenvalue weighted by atomic mass is 10.1. The van der Waals surface area contributed by atoms with E-state index in [1.165, 1.54) is 17.8 Å². The fourth-order valence-corrected chi connectivity index (χ4v) is 2.46. The van der Waals surface area contributed by atoms with Gasteiger partial charge in [0.1, 0.15) is 5.82 Å². The molecule has 0 unspecified atom stereocenters. The van der Waals surface area contributed by atoms with Crippen LogP contribution in [-0.4, -0.2) is 25.5 Å². The molecule has 0 bridgehead atoms. The lowest BCUT2D eigenvalue weighted by Gasteiger charge is -2.23. The summed E-state index contributed by atoms with van der Waals surface area (Å²) in [6, 6.07) is 16.3. The average Bonchev–Trinajstić information content (AvgIpc) is 2.58. The zero-order valence-electron chi connectivity index (χ0n) is 13.5. The molecular weight excluding hydrogens is 291 g/mol. The highest BCUT2D eigenvalue weighted by molar-refractivity contribution is 5.78. The molecule has 0 spiro atoms. The van der Waals surface area contributed by atoms with Gasteiger partial charge in [-0.25, -0.2) is 4.39 Å². The predicted molar refractivity (Wildman–Crippen MR) is 92.1 cm³/mol. The first-order chi connectivity index (χ1) is 11.2. The van der Waals surface area contributed by atoms with Crippen molar-refractivity contribution in [1.82, 2.24) is 5.32 Å². The van der Waals surface area contributed by atoms with E-state index < -0.39 is 0 Å². The van der Waals surface area contributed by atoms with Crippen LogP contribution < -0.4 is 10.2 Å². The van der Waals surface area contributed by atoms with Crippen molar-refractivity contribution in [2.24, 2.45) is 0 Å². The Morgan fingerprint density at radius 2 is 1.78 bits per heavy atom. The van der Waals surface area contributed by atoms with Gasteiger partial charge in [0, 0.05) is 25.3 Å². The second-order valence-electron chi connectivity index (χ2n) is 5.42. The van der Waals surface area contributed by atoms with Crippen LogP contribution in [0.25, 0.3) is 0 Å². The maximum Gasteiger partial charge on any atom is 0.224 e. The fraction of sp³-hybridized carbons (Fsp3) is 0.316. The molecule has 23 heavy (non-hydrogen) atoms. The average molecular weight is 314 g/mol. The van der Waals surface area contributed by atoms with Crippen LogP contribution in [0.2, 0.25) is 0 Å². The van der Waals surface area contributed by atoms with Crippen LogP contribution in [0.15, 0.2) is 54.6 Å². The Bertz CT molecular complexity index is 599. The smallest absolute Gasteiger partial charge is 0.224 e. The van der Waals surface area contributed by atoms with Crippen molar-refractivity contribution in [2.75, 3.05) is 24.5 Å². The maximum absolute atomic E-state index is 12.8. The lowest BCUT2D eigenvalue weighted by molar-refractivity contribution is -0.120. The minimum absolute atomic E-state index is 0.0284. The van der Waals surface area contributed by atoms with E-state index in [4.69, 9.17) is 0 Å². The van der Waals surface area contributed by atoms with Gasteiger partial charge in [0.05, 0.1) is 6.42 Å². The van der Waals surface area contributed by atoms with E-state index in [1.54, 1.807) is 12.1 Å². The Labute approximate surface area is 137 Å². The van der Waals surface area contributed by atoms with Gasteiger partial charge in [0.15, 0.2) is 0 Å². The molecule has 4 heteroatoms. The zero-order chi connectivity index (χ0) is 16.5. The van der Waals surface area contributed by atoms with Crippen LogP contribution >= 0.6 is 0 Å². The Balaban J connectivity index is 1.70. The van der Waals surface area contributed by atoms with Crippen LogP contribution in [-0.2, 0) is 11.2 Å². The van der Waals surface area contributed by atoms with Crippen molar-refractivity contribution in [2.45, 2.75) is 19.8 Å². The summed E-state index contributed by atoms with van der Waals surface area (Å²) in [4.78, 5) is 14.1. The van der Waals surface area contributed by atoms with Crippen molar-refractivity contribution < 1.29 is 9.18 Å². The number of halogens is 1. The molecule has 3 nitrogen and oxygen atoms in total. The Hall–Kier alpha value is -2.36. The van der Waals surface area contributed by atoms with Gasteiger partial charge in [0.2, 0.25) is 5.91 Å². The van der Waals surface area contributed by atoms with Gasteiger partial charge in [0.25, 0.3) is 0 Å². The van der Waals surface area contributed by atoms with Crippen molar-refractivity contribution in [3.63, 3.8) is 0 Å². The molecule has 0 saturated heterocycles. The minimum atomic E-state index is -0.283. The van der Waals surface area contributed by atoms with Crippen LogP contribution in [0.4, 0.5) is 10.1 Å². The molecule has 2 rings (SSSR count). The van der Waals surface area contributed by atoms with Gasteiger partial charge in [-0.05, 0) is 43.2 Å². The van der Waals surface area contributed by atoms with E-state index in [1.807, 2.05) is 18.2 Å². The maximum atomic E-state index is 12.8. The first-order valence-corrected chi connectivity index (χ1v) is 8.00. The third kappa shape index (κ3) is 5.74. The predicted octanol–water partition coefficient (Wildman–Crippen LogP) is 3.40. The van der Waals surface area contributed by atoms with Crippen LogP contribution in [0.3, 0.4) is 0 Å². The summed E-state index contributed by atoms with van der Waals surface area (Å²) in [6.07, 6.45) is 1.17. The number of hydrogen-bond acceptors (Lipinski definition) is 2. The zero-order valence-corrected chi connectivity index (χ0v) is 13.5. The Morgan fingerprint density at radius 1 is 1.09 bits per heavy atom. The topological polar surface area (TPSA) is 32.3 Å². The highest BCUT2D eigenvalue weighted by Crippen LogP contribution is 2.12. The minimum Gasteiger partial charge on any atom is -0.372 e. The van der Waals surface area contributed by atoms with E-state index in [9.17, 15) is 9.18 Å². The second kappa shape index (κ2) is 8.93. The van der Waals surface area contributed by atoms with Gasteiger partial charge >= 0.3 is 0 Å². The number of rotatable bonds is 8. The monoisotopic (exact) mass is 314 g/mol. The number of amides is 1. The number of hydrogen-bond donors (Lipinski definition) is 1. The number of carbonyl (C=O) groups is 1. The number of carbonyl (C=O) groups excluding carboxylic acids is 1. The molecule has 2 aromatic carbocycles. The Morgan fingerprint density at radius 3 is 2.43 bits per heavy atom. The number of benzene rings is 2. The van der Waals surface area contributed by atoms with Gasteiger partial charge in [-0.2, -0.15) is 0 Å². The van der Waals surface area contributed by atoms with Crippen LogP contribution in [0, 0.1) is 5.82 Å². The standard InChI is InChI=1S/C19H23FN2O/c1-2-22(18-7-4-3-5-8-18)14-6-13-21-19(23)15-16-9-11-17(20)12-10-16/h3-5,7-12H,2,6,13-15H2,1H3,(H,21,23). The van der Waals surface area contributed by atoms with Gasteiger partial charge < -0.3 is 10.2 Å². The first kappa shape index (κ1) is 17.0. The molecule has 0 heterocycles. The van der Waals surface area contributed by atoms with E-state index in [2.05, 4.69) is 29.3 Å². The first-order valence-electron chi connectivity index (χ1n) is 8.00. The summed E-state index contributed by atoms with van der Waals surface area (Å²) >= 11 is 0. The SMILES string of the molecule is CCN(CCCNC(=O)Cc1ccc(F)cc1)c1ccccc1. The Kier molecular flexibility index (Phi) is 6.60. The highest BCUT2D eigenvalue weighted by atomic mass is 19.1. The number of anilines is 1. The lowest BCUT2D eigenvalue weighted by Crippen LogP contribution is -2.30. The molecule has 1 amide bonds. The van der Waals surface area contributed by atoms with Crippen molar-refractivity contribution in [3.05, 3.63) is 66.0 Å². The summed E-state index contributed by atoms with van der Waals surface area (Å²) in [5.74, 6) is -0.311. The molecule has 0 saturated carbocycles. The molecule has 0 aliphatic rings. The third-order valence-corrected chi connectivity index (χ3v) is 3.71. The van der Waals surface area contributed by atoms with Gasteiger partial charge in [-0.3, -0.25) is 4.79 Å². The largest absolute Gasteiger partial charge is 0.372 e. The molecule has 0 aliphatic carbocycles. The fourth-order valence-electron chi connectivity index (χ4n) is 2.46. The van der Waals surface area contributed by atoms with E-state index in [0.29, 0.717) is 6.54 Å². The summed E-state index contributed by atoms with van der Waals surface area (Å²) in [5.41, 5.74) is 2.02.